The minimum atomic E-state index is -0.170. The normalized spacial score (nSPS) is 7.75. The second kappa shape index (κ2) is 3.07. The van der Waals surface area contributed by atoms with Crippen LogP contribution < -0.4 is 5.32 Å². The maximum atomic E-state index is 10.2. The Hall–Kier alpha value is -0.990. The van der Waals surface area contributed by atoms with Gasteiger partial charge in [0, 0.05) is 6.92 Å². The number of amides is 1. The Labute approximate surface area is 48.3 Å². The number of nitrogens with one attached hydrogen (secondary N) is 1. The summed E-state index contributed by atoms with van der Waals surface area (Å²) in [6.07, 6.45) is 0. The molecule has 0 bridgehead atoms. The molecule has 0 rings (SSSR count). The molecule has 0 aromatic heterocycles. The van der Waals surface area contributed by atoms with E-state index in [9.17, 15) is 4.79 Å². The molecule has 3 heteroatoms. The molecule has 1 amide bonds. The van der Waals surface area contributed by atoms with Crippen molar-refractivity contribution in [2.75, 3.05) is 7.11 Å². The predicted octanol–water partition coefficient (Wildman–Crippen LogP) is 0.240. The number of hydrogen-bond acceptors (Lipinski definition) is 2. The van der Waals surface area contributed by atoms with E-state index in [1.807, 2.05) is 0 Å². The van der Waals surface area contributed by atoms with Gasteiger partial charge in [-0.15, -0.1) is 0 Å². The molecule has 0 heterocycles. The van der Waals surface area contributed by atoms with Crippen LogP contribution in [0, 0.1) is 0 Å². The zero-order valence-electron chi connectivity index (χ0n) is 5.02. The molecule has 0 aliphatic rings. The fourth-order valence-electron chi connectivity index (χ4n) is 0.247. The van der Waals surface area contributed by atoms with Gasteiger partial charge in [-0.1, -0.05) is 0 Å². The second-order valence-corrected chi connectivity index (χ2v) is 1.31. The largest absolute Gasteiger partial charge is 0.483 e. The Morgan fingerprint density at radius 2 is 2.25 bits per heavy atom. The van der Waals surface area contributed by atoms with Crippen molar-refractivity contribution in [1.29, 1.82) is 0 Å². The quantitative estimate of drug-likeness (QED) is 0.523. The van der Waals surface area contributed by atoms with Gasteiger partial charge in [-0.2, -0.15) is 0 Å². The van der Waals surface area contributed by atoms with Crippen LogP contribution in [0.3, 0.4) is 0 Å². The third-order valence-electron chi connectivity index (χ3n) is 0.562. The van der Waals surface area contributed by atoms with Crippen molar-refractivity contribution in [3.05, 3.63) is 12.5 Å². The first-order valence-corrected chi connectivity index (χ1v) is 2.17. The molecule has 0 atom stereocenters. The minimum absolute atomic E-state index is 0.170. The number of methoxy groups -OCH3 is 1. The van der Waals surface area contributed by atoms with Gasteiger partial charge >= 0.3 is 0 Å². The van der Waals surface area contributed by atoms with Gasteiger partial charge in [-0.25, -0.2) is 0 Å². The molecule has 3 nitrogen and oxygen atoms in total. The van der Waals surface area contributed by atoms with Crippen molar-refractivity contribution in [2.45, 2.75) is 6.92 Å². The number of hydrogen-bond donors (Lipinski definition) is 1. The topological polar surface area (TPSA) is 38.3 Å². The lowest BCUT2D eigenvalue weighted by Gasteiger charge is -2.01. The Bertz CT molecular complexity index is 109. The zero-order valence-corrected chi connectivity index (χ0v) is 5.02. The van der Waals surface area contributed by atoms with Crippen LogP contribution in [0.15, 0.2) is 12.5 Å². The molecule has 0 radical (unpaired) electrons. The van der Waals surface area contributed by atoms with Gasteiger partial charge < -0.3 is 4.74 Å². The fraction of sp³-hybridized carbons (Fsp3) is 0.400. The first kappa shape index (κ1) is 7.01. The maximum absolute atomic E-state index is 10.2. The van der Waals surface area contributed by atoms with Gasteiger partial charge in [0.25, 0.3) is 0 Å². The molecule has 0 aliphatic carbocycles. The average Bonchev–Trinajstić information content (AvgIpc) is 1.65. The molecule has 0 unspecified atom stereocenters. The Morgan fingerprint density at radius 3 is 2.38 bits per heavy atom. The van der Waals surface area contributed by atoms with Crippen LogP contribution in [-0.2, 0) is 9.53 Å². The predicted molar refractivity (Wildman–Crippen MR) is 30.0 cm³/mol. The zero-order chi connectivity index (χ0) is 6.57. The first-order chi connectivity index (χ1) is 3.66. The molecule has 0 saturated carbocycles. The molecule has 0 saturated heterocycles. The van der Waals surface area contributed by atoms with E-state index in [1.165, 1.54) is 14.0 Å². The number of rotatable bonds is 2. The van der Waals surface area contributed by atoms with Crippen molar-refractivity contribution in [2.24, 2.45) is 0 Å². The highest BCUT2D eigenvalue weighted by molar-refractivity contribution is 5.74. The van der Waals surface area contributed by atoms with E-state index in [0.29, 0.717) is 0 Å². The molecule has 0 fully saturated rings. The highest BCUT2D eigenvalue weighted by atomic mass is 16.5. The van der Waals surface area contributed by atoms with Crippen molar-refractivity contribution in [3.63, 3.8) is 0 Å². The number of carbonyl (C=O) groups is 1. The van der Waals surface area contributed by atoms with Crippen molar-refractivity contribution in [1.82, 2.24) is 5.32 Å². The first-order valence-electron chi connectivity index (χ1n) is 2.17. The molecule has 8 heavy (non-hydrogen) atoms. The average molecular weight is 115 g/mol. The number of carbonyl (C=O) groups excluding carboxylic acids is 1. The highest BCUT2D eigenvalue weighted by Crippen LogP contribution is 1.80. The van der Waals surface area contributed by atoms with Gasteiger partial charge in [0.05, 0.1) is 7.11 Å². The van der Waals surface area contributed by atoms with Crippen LogP contribution in [-0.4, -0.2) is 13.0 Å². The Balaban J connectivity index is 3.40. The van der Waals surface area contributed by atoms with Gasteiger partial charge in [-0.05, 0) is 6.58 Å². The van der Waals surface area contributed by atoms with Crippen LogP contribution in [0.4, 0.5) is 0 Å². The van der Waals surface area contributed by atoms with Crippen LogP contribution in [0.1, 0.15) is 6.92 Å². The third kappa shape index (κ3) is 3.21. The summed E-state index contributed by atoms with van der Waals surface area (Å²) >= 11 is 0. The summed E-state index contributed by atoms with van der Waals surface area (Å²) in [5.41, 5.74) is 0. The Kier molecular flexibility index (Phi) is 2.69. The summed E-state index contributed by atoms with van der Waals surface area (Å²) < 4.78 is 4.53. The minimum Gasteiger partial charge on any atom is -0.483 e. The molecule has 1 N–H and O–H groups in total. The molecule has 0 aliphatic heterocycles. The third-order valence-corrected chi connectivity index (χ3v) is 0.562. The number of ether oxygens (including phenoxy) is 1. The summed E-state index contributed by atoms with van der Waals surface area (Å²) in [6.45, 7) is 4.75. The monoisotopic (exact) mass is 115 g/mol. The molecule has 46 valence electrons. The van der Waals surface area contributed by atoms with E-state index < -0.39 is 0 Å². The summed E-state index contributed by atoms with van der Waals surface area (Å²) in [6, 6.07) is 0. The molecule has 0 spiro atoms. The Morgan fingerprint density at radius 1 is 1.75 bits per heavy atom. The van der Waals surface area contributed by atoms with Gasteiger partial charge in [0.15, 0.2) is 5.88 Å². The van der Waals surface area contributed by atoms with E-state index in [1.54, 1.807) is 0 Å². The summed E-state index contributed by atoms with van der Waals surface area (Å²) in [4.78, 5) is 10.2. The smallest absolute Gasteiger partial charge is 0.223 e. The van der Waals surface area contributed by atoms with E-state index in [4.69, 9.17) is 0 Å². The maximum Gasteiger partial charge on any atom is 0.223 e. The van der Waals surface area contributed by atoms with E-state index in [0.717, 1.165) is 0 Å². The second-order valence-electron chi connectivity index (χ2n) is 1.31. The van der Waals surface area contributed by atoms with E-state index in [-0.39, 0.29) is 11.8 Å². The molecule has 0 aromatic rings. The van der Waals surface area contributed by atoms with Crippen molar-refractivity contribution < 1.29 is 9.53 Å². The standard InChI is InChI=1S/C5H9NO2/c1-4(7)6-5(2)8-3/h2H2,1,3H3,(H,6,7). The lowest BCUT2D eigenvalue weighted by Crippen LogP contribution is -2.18. The summed E-state index contributed by atoms with van der Waals surface area (Å²) in [5.74, 6) is 0.106. The fourth-order valence-corrected chi connectivity index (χ4v) is 0.247. The molecule has 0 aromatic carbocycles. The highest BCUT2D eigenvalue weighted by Gasteiger charge is 1.90. The van der Waals surface area contributed by atoms with E-state index in [2.05, 4.69) is 16.6 Å². The molecular formula is C5H9NO2. The van der Waals surface area contributed by atoms with E-state index >= 15 is 0 Å². The van der Waals surface area contributed by atoms with Gasteiger partial charge in [0.1, 0.15) is 0 Å². The van der Waals surface area contributed by atoms with Crippen molar-refractivity contribution >= 4 is 5.91 Å². The van der Waals surface area contributed by atoms with Crippen LogP contribution in [0.5, 0.6) is 0 Å². The van der Waals surface area contributed by atoms with Gasteiger partial charge in [0.2, 0.25) is 5.91 Å². The lowest BCUT2D eigenvalue weighted by atomic mass is 10.7. The summed E-state index contributed by atoms with van der Waals surface area (Å²) in [5, 5.41) is 2.34. The van der Waals surface area contributed by atoms with Crippen molar-refractivity contribution in [3.8, 4) is 0 Å². The SMILES string of the molecule is C=C(NC(C)=O)OC. The van der Waals surface area contributed by atoms with Gasteiger partial charge in [-0.3, -0.25) is 10.1 Å². The molecular weight excluding hydrogens is 106 g/mol. The lowest BCUT2D eigenvalue weighted by molar-refractivity contribution is -0.119. The van der Waals surface area contributed by atoms with Crippen LogP contribution in [0.2, 0.25) is 0 Å². The summed E-state index contributed by atoms with van der Waals surface area (Å²) in [7, 11) is 1.44. The van der Waals surface area contributed by atoms with Crippen LogP contribution in [0.25, 0.3) is 0 Å². The van der Waals surface area contributed by atoms with Crippen LogP contribution >= 0.6 is 0 Å².